The normalized spacial score (nSPS) is 15.2. The van der Waals surface area contributed by atoms with Gasteiger partial charge in [-0.05, 0) is 12.8 Å². The molecule has 66 valence electrons. The van der Waals surface area contributed by atoms with Crippen LogP contribution in [0.15, 0.2) is 0 Å². The maximum absolute atomic E-state index is 7.00. The van der Waals surface area contributed by atoms with Gasteiger partial charge >= 0.3 is 0 Å². The summed E-state index contributed by atoms with van der Waals surface area (Å²) in [5, 5.41) is 7.00. The minimum atomic E-state index is 1.00. The van der Waals surface area contributed by atoms with Crippen LogP contribution in [-0.4, -0.2) is 12.2 Å². The van der Waals surface area contributed by atoms with E-state index < -0.39 is 0 Å². The quantitative estimate of drug-likeness (QED) is 0.534. The van der Waals surface area contributed by atoms with Crippen molar-refractivity contribution in [2.45, 2.75) is 39.5 Å². The average Bonchev–Trinajstić information content (AvgIpc) is 2.46. The third-order valence-corrected chi connectivity index (χ3v) is 1.64. The standard InChI is InChI=1S/C6H12.C3H4.CH4O/c1-6-4-2-3-5-6;1-3-2;1-2/h6H,2-5H2,1H3;1H,2H3;2H,1H3. The van der Waals surface area contributed by atoms with Crippen LogP contribution in [0, 0.1) is 18.3 Å². The van der Waals surface area contributed by atoms with E-state index in [0.717, 1.165) is 13.0 Å². The maximum Gasteiger partial charge on any atom is 0.0319 e. The first-order valence-electron chi connectivity index (χ1n) is 4.13. The monoisotopic (exact) mass is 156 g/mol. The highest BCUT2D eigenvalue weighted by atomic mass is 16.2. The van der Waals surface area contributed by atoms with E-state index in [-0.39, 0.29) is 0 Å². The van der Waals surface area contributed by atoms with E-state index in [1.165, 1.54) is 25.7 Å². The van der Waals surface area contributed by atoms with Crippen molar-refractivity contribution in [3.05, 3.63) is 0 Å². The summed E-state index contributed by atoms with van der Waals surface area (Å²) in [7, 11) is 1.00. The number of aliphatic hydroxyl groups excluding tert-OH is 1. The van der Waals surface area contributed by atoms with Gasteiger partial charge in [0.05, 0.1) is 0 Å². The SMILES string of the molecule is C#CC.CC1CCCC1.CO. The Balaban J connectivity index is 0. The first kappa shape index (κ1) is 13.1. The molecule has 0 aromatic rings. The molecule has 0 radical (unpaired) electrons. The number of terminal acetylenes is 1. The van der Waals surface area contributed by atoms with E-state index in [0.29, 0.717) is 0 Å². The summed E-state index contributed by atoms with van der Waals surface area (Å²) in [6.45, 7) is 3.99. The van der Waals surface area contributed by atoms with Crippen LogP contribution in [0.4, 0.5) is 0 Å². The lowest BCUT2D eigenvalue weighted by Gasteiger charge is -1.91. The third kappa shape index (κ3) is 12.7. The molecule has 0 aliphatic heterocycles. The number of hydrogen-bond acceptors (Lipinski definition) is 1. The molecule has 1 rings (SSSR count). The van der Waals surface area contributed by atoms with Gasteiger partial charge in [0.15, 0.2) is 0 Å². The van der Waals surface area contributed by atoms with Gasteiger partial charge in [0, 0.05) is 7.11 Å². The Morgan fingerprint density at radius 3 is 1.64 bits per heavy atom. The van der Waals surface area contributed by atoms with E-state index in [1.54, 1.807) is 6.92 Å². The third-order valence-electron chi connectivity index (χ3n) is 1.64. The molecule has 0 atom stereocenters. The smallest absolute Gasteiger partial charge is 0.0319 e. The summed E-state index contributed by atoms with van der Waals surface area (Å²) in [4.78, 5) is 0. The van der Waals surface area contributed by atoms with E-state index in [2.05, 4.69) is 19.3 Å². The molecule has 0 bridgehead atoms. The second-order valence-electron chi connectivity index (χ2n) is 2.68. The molecular formula is C10H20O. The van der Waals surface area contributed by atoms with E-state index in [1.807, 2.05) is 0 Å². The lowest BCUT2D eigenvalue weighted by Crippen LogP contribution is -1.78. The van der Waals surface area contributed by atoms with E-state index in [9.17, 15) is 0 Å². The molecule has 1 aliphatic carbocycles. The van der Waals surface area contributed by atoms with Crippen molar-refractivity contribution in [2.24, 2.45) is 5.92 Å². The van der Waals surface area contributed by atoms with Gasteiger partial charge in [0.1, 0.15) is 0 Å². The molecule has 0 amide bonds. The van der Waals surface area contributed by atoms with Gasteiger partial charge in [-0.15, -0.1) is 12.3 Å². The van der Waals surface area contributed by atoms with Crippen LogP contribution in [-0.2, 0) is 0 Å². The first-order valence-corrected chi connectivity index (χ1v) is 4.13. The number of aliphatic hydroxyl groups is 1. The Labute approximate surface area is 70.8 Å². The fourth-order valence-electron chi connectivity index (χ4n) is 1.13. The Morgan fingerprint density at radius 2 is 1.55 bits per heavy atom. The van der Waals surface area contributed by atoms with Crippen LogP contribution in [0.2, 0.25) is 0 Å². The van der Waals surface area contributed by atoms with Gasteiger partial charge in [0.2, 0.25) is 0 Å². The van der Waals surface area contributed by atoms with Gasteiger partial charge < -0.3 is 5.11 Å². The minimum absolute atomic E-state index is 1.00. The highest BCUT2D eigenvalue weighted by Crippen LogP contribution is 2.22. The zero-order valence-corrected chi connectivity index (χ0v) is 7.93. The lowest BCUT2D eigenvalue weighted by molar-refractivity contribution is 0.399. The zero-order valence-electron chi connectivity index (χ0n) is 7.93. The summed E-state index contributed by atoms with van der Waals surface area (Å²) in [6, 6.07) is 0. The largest absolute Gasteiger partial charge is 0.400 e. The van der Waals surface area contributed by atoms with Crippen LogP contribution < -0.4 is 0 Å². The van der Waals surface area contributed by atoms with Gasteiger partial charge in [-0.3, -0.25) is 0 Å². The highest BCUT2D eigenvalue weighted by molar-refractivity contribution is 4.73. The molecule has 1 aliphatic rings. The minimum Gasteiger partial charge on any atom is -0.400 e. The molecule has 0 unspecified atom stereocenters. The lowest BCUT2D eigenvalue weighted by atomic mass is 10.2. The Kier molecular flexibility index (Phi) is 14.6. The van der Waals surface area contributed by atoms with E-state index in [4.69, 9.17) is 5.11 Å². The van der Waals surface area contributed by atoms with Crippen molar-refractivity contribution in [1.29, 1.82) is 0 Å². The molecule has 11 heavy (non-hydrogen) atoms. The second kappa shape index (κ2) is 12.2. The van der Waals surface area contributed by atoms with Crippen LogP contribution in [0.3, 0.4) is 0 Å². The maximum atomic E-state index is 7.00. The summed E-state index contributed by atoms with van der Waals surface area (Å²) in [5.41, 5.74) is 0. The predicted octanol–water partition coefficient (Wildman–Crippen LogP) is 2.44. The number of hydrogen-bond donors (Lipinski definition) is 1. The van der Waals surface area contributed by atoms with Crippen molar-refractivity contribution in [1.82, 2.24) is 0 Å². The Morgan fingerprint density at radius 1 is 1.27 bits per heavy atom. The topological polar surface area (TPSA) is 20.2 Å². The molecular weight excluding hydrogens is 136 g/mol. The predicted molar refractivity (Wildman–Crippen MR) is 50.3 cm³/mol. The summed E-state index contributed by atoms with van der Waals surface area (Å²) < 4.78 is 0. The van der Waals surface area contributed by atoms with Crippen LogP contribution in [0.25, 0.3) is 0 Å². The van der Waals surface area contributed by atoms with Crippen LogP contribution in [0.1, 0.15) is 39.5 Å². The van der Waals surface area contributed by atoms with Crippen LogP contribution in [0.5, 0.6) is 0 Å². The first-order chi connectivity index (χ1) is 5.31. The van der Waals surface area contributed by atoms with Gasteiger partial charge in [-0.2, -0.15) is 0 Å². The molecule has 0 aromatic carbocycles. The second-order valence-corrected chi connectivity index (χ2v) is 2.68. The fraction of sp³-hybridized carbons (Fsp3) is 0.800. The molecule has 1 saturated carbocycles. The molecule has 0 heterocycles. The van der Waals surface area contributed by atoms with Crippen molar-refractivity contribution < 1.29 is 5.11 Å². The zero-order chi connectivity index (χ0) is 9.11. The van der Waals surface area contributed by atoms with Gasteiger partial charge in [-0.1, -0.05) is 32.6 Å². The van der Waals surface area contributed by atoms with Crippen molar-refractivity contribution >= 4 is 0 Å². The average molecular weight is 156 g/mol. The Bertz CT molecular complexity index is 85.5. The summed E-state index contributed by atoms with van der Waals surface area (Å²) >= 11 is 0. The fourth-order valence-corrected chi connectivity index (χ4v) is 1.13. The van der Waals surface area contributed by atoms with Crippen molar-refractivity contribution in [2.75, 3.05) is 7.11 Å². The van der Waals surface area contributed by atoms with Crippen molar-refractivity contribution in [3.8, 4) is 12.3 Å². The molecule has 0 spiro atoms. The van der Waals surface area contributed by atoms with Crippen molar-refractivity contribution in [3.63, 3.8) is 0 Å². The number of rotatable bonds is 0. The molecule has 1 heteroatoms. The molecule has 0 aromatic heterocycles. The molecule has 1 N–H and O–H groups in total. The van der Waals surface area contributed by atoms with Gasteiger partial charge in [-0.25, -0.2) is 0 Å². The summed E-state index contributed by atoms with van der Waals surface area (Å²) in [6.07, 6.45) is 10.5. The molecule has 0 saturated heterocycles. The molecule has 1 nitrogen and oxygen atoms in total. The molecule has 1 fully saturated rings. The highest BCUT2D eigenvalue weighted by Gasteiger charge is 2.07. The van der Waals surface area contributed by atoms with Gasteiger partial charge in [0.25, 0.3) is 0 Å². The van der Waals surface area contributed by atoms with E-state index >= 15 is 0 Å². The summed E-state index contributed by atoms with van der Waals surface area (Å²) in [5.74, 6) is 3.30. The van der Waals surface area contributed by atoms with Crippen LogP contribution >= 0.6 is 0 Å². The Hall–Kier alpha value is -0.480.